The van der Waals surface area contributed by atoms with Gasteiger partial charge in [0.2, 0.25) is 0 Å². The van der Waals surface area contributed by atoms with Crippen LogP contribution in [0.3, 0.4) is 0 Å². The third-order valence-electron chi connectivity index (χ3n) is 0.506. The molecule has 0 fully saturated rings. The second kappa shape index (κ2) is 3.75. The van der Waals surface area contributed by atoms with E-state index < -0.39 is 15.7 Å². The Kier molecular flexibility index (Phi) is 4.06. The molecule has 0 aliphatic heterocycles. The first kappa shape index (κ1) is 11.9. The summed E-state index contributed by atoms with van der Waals surface area (Å²) >= 11 is 19.7. The number of rotatable bonds is 2. The van der Waals surface area contributed by atoms with Crippen molar-refractivity contribution >= 4 is 46.4 Å². The third kappa shape index (κ3) is 5.20. The maximum Gasteiger partial charge on any atom is 0.525 e. The second-order valence-corrected chi connectivity index (χ2v) is 3.82. The highest BCUT2D eigenvalue weighted by molar-refractivity contribution is 6.58. The quantitative estimate of drug-likeness (QED) is 0.683. The van der Waals surface area contributed by atoms with Gasteiger partial charge in [-0.3, -0.25) is 4.74 Å². The third-order valence-corrected chi connectivity index (χ3v) is 2.16. The minimum atomic E-state index is -4.97. The fourth-order valence-corrected chi connectivity index (χ4v) is 0.463. The molecule has 0 aliphatic rings. The van der Waals surface area contributed by atoms with Crippen LogP contribution in [0.25, 0.3) is 0 Å². The first-order valence-corrected chi connectivity index (χ1v) is 3.71. The Hall–Kier alpha value is 0.910. The van der Waals surface area contributed by atoms with Crippen LogP contribution >= 0.6 is 46.4 Å². The van der Waals surface area contributed by atoms with Crippen LogP contribution in [-0.2, 0) is 4.74 Å². The van der Waals surface area contributed by atoms with Crippen molar-refractivity contribution in [1.29, 1.82) is 0 Å². The zero-order valence-corrected chi connectivity index (χ0v) is 7.66. The first-order valence-electron chi connectivity index (χ1n) is 2.08. The van der Waals surface area contributed by atoms with E-state index in [0.29, 0.717) is 0 Å². The molecule has 0 radical (unpaired) electrons. The SMILES string of the molecule is FC(F)(F)OC(Cl)(Cl)C(Cl)Cl. The van der Waals surface area contributed by atoms with Crippen LogP contribution in [0.4, 0.5) is 13.2 Å². The van der Waals surface area contributed by atoms with Crippen molar-refractivity contribution in [2.75, 3.05) is 0 Å². The minimum Gasteiger partial charge on any atom is -0.252 e. The molecule has 0 saturated carbocycles. The predicted octanol–water partition coefficient (Wildman–Crippen LogP) is 3.46. The predicted molar refractivity (Wildman–Crippen MR) is 37.1 cm³/mol. The van der Waals surface area contributed by atoms with Gasteiger partial charge in [-0.25, -0.2) is 0 Å². The molecule has 0 aliphatic carbocycles. The molecule has 68 valence electrons. The number of ether oxygens (including phenoxy) is 1. The Balaban J connectivity index is 4.13. The lowest BCUT2D eigenvalue weighted by molar-refractivity contribution is -0.337. The van der Waals surface area contributed by atoms with Gasteiger partial charge in [0, 0.05) is 0 Å². The summed E-state index contributed by atoms with van der Waals surface area (Å²) in [5.74, 6) is 0. The average Bonchev–Trinajstić information content (AvgIpc) is 1.56. The van der Waals surface area contributed by atoms with Gasteiger partial charge in [0.15, 0.2) is 4.84 Å². The van der Waals surface area contributed by atoms with Gasteiger partial charge < -0.3 is 0 Å². The van der Waals surface area contributed by atoms with Crippen LogP contribution in [0, 0.1) is 0 Å². The van der Waals surface area contributed by atoms with Crippen LogP contribution in [0.2, 0.25) is 0 Å². The fraction of sp³-hybridized carbons (Fsp3) is 1.00. The summed E-state index contributed by atoms with van der Waals surface area (Å²) in [6, 6.07) is 0. The van der Waals surface area contributed by atoms with Crippen molar-refractivity contribution in [3.05, 3.63) is 0 Å². The standard InChI is InChI=1S/C3HCl4F3O/c4-1(5)2(6,7)11-3(8,9)10/h1H. The molecule has 0 aromatic rings. The molecule has 0 amide bonds. The van der Waals surface area contributed by atoms with E-state index in [2.05, 4.69) is 4.74 Å². The summed E-state index contributed by atoms with van der Waals surface area (Å²) in [4.78, 5) is -1.69. The fourth-order valence-electron chi connectivity index (χ4n) is 0.199. The topological polar surface area (TPSA) is 9.23 Å². The molecular formula is C3HCl4F3O. The van der Waals surface area contributed by atoms with Crippen molar-refractivity contribution in [3.63, 3.8) is 0 Å². The molecule has 11 heavy (non-hydrogen) atoms. The van der Waals surface area contributed by atoms with Crippen LogP contribution in [0.5, 0.6) is 0 Å². The van der Waals surface area contributed by atoms with Crippen molar-refractivity contribution in [3.8, 4) is 0 Å². The monoisotopic (exact) mass is 250 g/mol. The Morgan fingerprint density at radius 2 is 1.45 bits per heavy atom. The first-order chi connectivity index (χ1) is 4.65. The number of hydrogen-bond donors (Lipinski definition) is 0. The van der Waals surface area contributed by atoms with Crippen LogP contribution in [0.15, 0.2) is 0 Å². The van der Waals surface area contributed by atoms with Gasteiger partial charge in [-0.15, -0.1) is 13.2 Å². The summed E-state index contributed by atoms with van der Waals surface area (Å²) in [7, 11) is 0. The normalized spacial score (nSPS) is 14.2. The molecule has 0 saturated heterocycles. The van der Waals surface area contributed by atoms with Gasteiger partial charge >= 0.3 is 6.36 Å². The van der Waals surface area contributed by atoms with E-state index in [0.717, 1.165) is 0 Å². The average molecular weight is 252 g/mol. The van der Waals surface area contributed by atoms with Gasteiger partial charge in [-0.1, -0.05) is 46.4 Å². The molecule has 0 atom stereocenters. The molecule has 8 heteroatoms. The maximum absolute atomic E-state index is 11.4. The van der Waals surface area contributed by atoms with Crippen molar-refractivity contribution < 1.29 is 17.9 Å². The molecule has 0 spiro atoms. The van der Waals surface area contributed by atoms with E-state index in [1.807, 2.05) is 0 Å². The molecule has 0 rings (SSSR count). The van der Waals surface area contributed by atoms with Crippen LogP contribution in [0.1, 0.15) is 0 Å². The van der Waals surface area contributed by atoms with Gasteiger partial charge in [0.25, 0.3) is 4.52 Å². The van der Waals surface area contributed by atoms with Crippen LogP contribution < -0.4 is 0 Å². The van der Waals surface area contributed by atoms with Gasteiger partial charge in [-0.2, -0.15) is 0 Å². The molecule has 1 nitrogen and oxygen atoms in total. The zero-order valence-electron chi connectivity index (χ0n) is 4.63. The molecule has 0 unspecified atom stereocenters. The van der Waals surface area contributed by atoms with Crippen molar-refractivity contribution in [1.82, 2.24) is 0 Å². The van der Waals surface area contributed by atoms with Gasteiger partial charge in [0.1, 0.15) is 0 Å². The van der Waals surface area contributed by atoms with E-state index in [-0.39, 0.29) is 0 Å². The highest BCUT2D eigenvalue weighted by Crippen LogP contribution is 2.38. The summed E-state index contributed by atoms with van der Waals surface area (Å²) < 4.78 is 34.7. The minimum absolute atomic E-state index is 1.69. The van der Waals surface area contributed by atoms with E-state index >= 15 is 0 Å². The van der Waals surface area contributed by atoms with E-state index in [1.54, 1.807) is 0 Å². The highest BCUT2D eigenvalue weighted by Gasteiger charge is 2.45. The summed E-state index contributed by atoms with van der Waals surface area (Å²) in [6.45, 7) is 0. The Labute approximate surface area is 80.3 Å². The molecule has 0 heterocycles. The maximum atomic E-state index is 11.4. The lowest BCUT2D eigenvalue weighted by Crippen LogP contribution is -2.33. The van der Waals surface area contributed by atoms with Gasteiger partial charge in [-0.05, 0) is 0 Å². The number of halogens is 7. The smallest absolute Gasteiger partial charge is 0.252 e. The lowest BCUT2D eigenvalue weighted by atomic mass is 10.8. The molecule has 0 N–H and O–H groups in total. The summed E-state index contributed by atoms with van der Waals surface area (Å²) in [5.41, 5.74) is 0. The molecule has 0 aromatic carbocycles. The molecule has 0 aromatic heterocycles. The Morgan fingerprint density at radius 3 is 1.55 bits per heavy atom. The summed E-state index contributed by atoms with van der Waals surface area (Å²) in [5, 5.41) is 0. The van der Waals surface area contributed by atoms with Gasteiger partial charge in [0.05, 0.1) is 0 Å². The zero-order chi connectivity index (χ0) is 9.28. The Morgan fingerprint density at radius 1 is 1.09 bits per heavy atom. The summed E-state index contributed by atoms with van der Waals surface area (Å²) in [6.07, 6.45) is -4.97. The van der Waals surface area contributed by atoms with E-state index in [9.17, 15) is 13.2 Å². The lowest BCUT2D eigenvalue weighted by Gasteiger charge is -2.21. The molecular weight excluding hydrogens is 251 g/mol. The number of hydrogen-bond acceptors (Lipinski definition) is 1. The van der Waals surface area contributed by atoms with E-state index in [4.69, 9.17) is 46.4 Å². The second-order valence-electron chi connectivity index (χ2n) is 1.41. The molecule has 0 bridgehead atoms. The number of alkyl halides is 7. The van der Waals surface area contributed by atoms with Crippen molar-refractivity contribution in [2.45, 2.75) is 15.7 Å². The van der Waals surface area contributed by atoms with E-state index in [1.165, 1.54) is 0 Å². The van der Waals surface area contributed by atoms with Crippen LogP contribution in [-0.4, -0.2) is 15.7 Å². The largest absolute Gasteiger partial charge is 0.525 e. The highest BCUT2D eigenvalue weighted by atomic mass is 35.5. The van der Waals surface area contributed by atoms with Crippen molar-refractivity contribution in [2.24, 2.45) is 0 Å². The Bertz CT molecular complexity index is 133.